The van der Waals surface area contributed by atoms with E-state index in [-0.39, 0.29) is 12.4 Å². The molecule has 1 aliphatic rings. The van der Waals surface area contributed by atoms with Crippen molar-refractivity contribution < 1.29 is 4.74 Å². The molecule has 0 spiro atoms. The molecule has 2 atom stereocenters. The lowest BCUT2D eigenvalue weighted by Gasteiger charge is -2.35. The van der Waals surface area contributed by atoms with Crippen LogP contribution in [0.15, 0.2) is 24.3 Å². The molecule has 1 aromatic carbocycles. The zero-order chi connectivity index (χ0) is 13.0. The molecule has 0 bridgehead atoms. The fourth-order valence-corrected chi connectivity index (χ4v) is 2.53. The third kappa shape index (κ3) is 4.68. The molecule has 2 unspecified atom stereocenters. The van der Waals surface area contributed by atoms with E-state index in [1.54, 1.807) is 7.11 Å². The van der Waals surface area contributed by atoms with Crippen molar-refractivity contribution in [2.75, 3.05) is 26.7 Å². The van der Waals surface area contributed by atoms with Crippen LogP contribution in [0.1, 0.15) is 18.9 Å². The molecular weight excluding hydrogens is 260 g/mol. The lowest BCUT2D eigenvalue weighted by molar-refractivity contribution is 0.166. The van der Waals surface area contributed by atoms with Crippen molar-refractivity contribution in [2.24, 2.45) is 11.7 Å². The van der Waals surface area contributed by atoms with Crippen LogP contribution < -0.4 is 10.5 Å². The van der Waals surface area contributed by atoms with Crippen LogP contribution in [0.2, 0.25) is 0 Å². The Hall–Kier alpha value is -0.770. The number of likely N-dealkylation sites (tertiary alicyclic amines) is 1. The highest BCUT2D eigenvalue weighted by Gasteiger charge is 2.22. The Kier molecular flexibility index (Phi) is 6.63. The summed E-state index contributed by atoms with van der Waals surface area (Å²) in [7, 11) is 1.70. The first-order valence-corrected chi connectivity index (χ1v) is 6.80. The van der Waals surface area contributed by atoms with Crippen molar-refractivity contribution in [1.29, 1.82) is 0 Å². The second kappa shape index (κ2) is 7.73. The van der Waals surface area contributed by atoms with Crippen LogP contribution in [-0.2, 0) is 6.42 Å². The summed E-state index contributed by atoms with van der Waals surface area (Å²) in [6, 6.07) is 8.76. The van der Waals surface area contributed by atoms with Crippen LogP contribution in [0.5, 0.6) is 5.75 Å². The Morgan fingerprint density at radius 3 is 2.58 bits per heavy atom. The van der Waals surface area contributed by atoms with Crippen molar-refractivity contribution in [3.63, 3.8) is 0 Å². The molecule has 1 fully saturated rings. The van der Waals surface area contributed by atoms with Crippen molar-refractivity contribution in [3.8, 4) is 5.75 Å². The Morgan fingerprint density at radius 2 is 2.00 bits per heavy atom. The number of methoxy groups -OCH3 is 1. The summed E-state index contributed by atoms with van der Waals surface area (Å²) in [6.45, 7) is 5.66. The SMILES string of the molecule is COc1ccc(CCN2CCC(N)C(C)C2)cc1.Cl. The predicted molar refractivity (Wildman–Crippen MR) is 82.1 cm³/mol. The maximum atomic E-state index is 6.04. The quantitative estimate of drug-likeness (QED) is 0.922. The molecule has 108 valence electrons. The monoisotopic (exact) mass is 284 g/mol. The summed E-state index contributed by atoms with van der Waals surface area (Å²) in [5.74, 6) is 1.55. The molecule has 0 saturated carbocycles. The van der Waals surface area contributed by atoms with E-state index in [2.05, 4.69) is 24.0 Å². The smallest absolute Gasteiger partial charge is 0.118 e. The molecule has 0 aromatic heterocycles. The zero-order valence-electron chi connectivity index (χ0n) is 11.8. The van der Waals surface area contributed by atoms with Gasteiger partial charge in [-0.05, 0) is 43.0 Å². The summed E-state index contributed by atoms with van der Waals surface area (Å²) in [5.41, 5.74) is 7.41. The van der Waals surface area contributed by atoms with Gasteiger partial charge in [-0.2, -0.15) is 0 Å². The van der Waals surface area contributed by atoms with Crippen LogP contribution in [-0.4, -0.2) is 37.7 Å². The van der Waals surface area contributed by atoms with Gasteiger partial charge in [0.1, 0.15) is 5.75 Å². The molecule has 2 N–H and O–H groups in total. The van der Waals surface area contributed by atoms with E-state index in [1.165, 1.54) is 5.56 Å². The standard InChI is InChI=1S/C15H24N2O.ClH/c1-12-11-17(10-8-15(12)16)9-7-13-3-5-14(18-2)6-4-13;/h3-6,12,15H,7-11,16H2,1-2H3;1H. The molecule has 19 heavy (non-hydrogen) atoms. The molecule has 2 rings (SSSR count). The van der Waals surface area contributed by atoms with Crippen LogP contribution in [0.4, 0.5) is 0 Å². The number of benzene rings is 1. The number of rotatable bonds is 4. The average molecular weight is 285 g/mol. The number of hydrogen-bond acceptors (Lipinski definition) is 3. The average Bonchev–Trinajstić information content (AvgIpc) is 2.41. The van der Waals surface area contributed by atoms with Crippen molar-refractivity contribution in [1.82, 2.24) is 4.90 Å². The van der Waals surface area contributed by atoms with E-state index in [0.29, 0.717) is 12.0 Å². The van der Waals surface area contributed by atoms with Crippen molar-refractivity contribution >= 4 is 12.4 Å². The lowest BCUT2D eigenvalue weighted by Crippen LogP contribution is -2.46. The highest BCUT2D eigenvalue weighted by Crippen LogP contribution is 2.16. The van der Waals surface area contributed by atoms with Gasteiger partial charge in [-0.15, -0.1) is 12.4 Å². The minimum atomic E-state index is 0. The third-order valence-corrected chi connectivity index (χ3v) is 3.93. The fraction of sp³-hybridized carbons (Fsp3) is 0.600. The molecule has 1 aromatic rings. The van der Waals surface area contributed by atoms with Gasteiger partial charge in [-0.3, -0.25) is 0 Å². The fourth-order valence-electron chi connectivity index (χ4n) is 2.53. The largest absolute Gasteiger partial charge is 0.497 e. The van der Waals surface area contributed by atoms with Crippen molar-refractivity contribution in [3.05, 3.63) is 29.8 Å². The normalized spacial score (nSPS) is 23.7. The zero-order valence-corrected chi connectivity index (χ0v) is 12.7. The van der Waals surface area contributed by atoms with Crippen molar-refractivity contribution in [2.45, 2.75) is 25.8 Å². The molecule has 1 aliphatic heterocycles. The van der Waals surface area contributed by atoms with Gasteiger partial charge in [0.05, 0.1) is 7.11 Å². The van der Waals surface area contributed by atoms with Crippen LogP contribution in [0.3, 0.4) is 0 Å². The number of halogens is 1. The van der Waals surface area contributed by atoms with E-state index < -0.39 is 0 Å². The molecule has 0 radical (unpaired) electrons. The Morgan fingerprint density at radius 1 is 1.32 bits per heavy atom. The topological polar surface area (TPSA) is 38.5 Å². The number of ether oxygens (including phenoxy) is 1. The molecule has 1 saturated heterocycles. The summed E-state index contributed by atoms with van der Waals surface area (Å²) in [5, 5.41) is 0. The van der Waals surface area contributed by atoms with Gasteiger partial charge in [-0.1, -0.05) is 19.1 Å². The number of hydrogen-bond donors (Lipinski definition) is 1. The van der Waals surface area contributed by atoms with Gasteiger partial charge in [0, 0.05) is 19.1 Å². The van der Waals surface area contributed by atoms with Gasteiger partial charge in [0.15, 0.2) is 0 Å². The van der Waals surface area contributed by atoms with Gasteiger partial charge in [-0.25, -0.2) is 0 Å². The summed E-state index contributed by atoms with van der Waals surface area (Å²) >= 11 is 0. The van der Waals surface area contributed by atoms with E-state index in [9.17, 15) is 0 Å². The maximum Gasteiger partial charge on any atom is 0.118 e. The summed E-state index contributed by atoms with van der Waals surface area (Å²) in [4.78, 5) is 2.53. The summed E-state index contributed by atoms with van der Waals surface area (Å²) in [6.07, 6.45) is 2.23. The van der Waals surface area contributed by atoms with Crippen LogP contribution >= 0.6 is 12.4 Å². The second-order valence-corrected chi connectivity index (χ2v) is 5.33. The van der Waals surface area contributed by atoms with Gasteiger partial charge in [0.2, 0.25) is 0 Å². The highest BCUT2D eigenvalue weighted by atomic mass is 35.5. The van der Waals surface area contributed by atoms with Gasteiger partial charge >= 0.3 is 0 Å². The number of nitrogens with two attached hydrogens (primary N) is 1. The first-order chi connectivity index (χ1) is 8.69. The van der Waals surface area contributed by atoms with Gasteiger partial charge in [0.25, 0.3) is 0 Å². The number of nitrogens with zero attached hydrogens (tertiary/aromatic N) is 1. The molecule has 1 heterocycles. The lowest BCUT2D eigenvalue weighted by atomic mass is 9.94. The first-order valence-electron chi connectivity index (χ1n) is 6.80. The molecular formula is C15H25ClN2O. The summed E-state index contributed by atoms with van der Waals surface area (Å²) < 4.78 is 5.17. The Balaban J connectivity index is 0.00000180. The molecule has 0 amide bonds. The molecule has 3 nitrogen and oxygen atoms in total. The highest BCUT2D eigenvalue weighted by molar-refractivity contribution is 5.85. The second-order valence-electron chi connectivity index (χ2n) is 5.33. The van der Waals surface area contributed by atoms with Crippen LogP contribution in [0.25, 0.3) is 0 Å². The number of piperidine rings is 1. The van der Waals surface area contributed by atoms with Crippen LogP contribution in [0, 0.1) is 5.92 Å². The first kappa shape index (κ1) is 16.3. The Bertz CT molecular complexity index is 369. The van der Waals surface area contributed by atoms with E-state index in [1.807, 2.05) is 12.1 Å². The predicted octanol–water partition coefficient (Wildman–Crippen LogP) is 2.33. The molecule has 0 aliphatic carbocycles. The maximum absolute atomic E-state index is 6.04. The Labute approximate surface area is 122 Å². The van der Waals surface area contributed by atoms with E-state index in [4.69, 9.17) is 10.5 Å². The minimum Gasteiger partial charge on any atom is -0.497 e. The molecule has 4 heteroatoms. The minimum absolute atomic E-state index is 0. The van der Waals surface area contributed by atoms with E-state index >= 15 is 0 Å². The third-order valence-electron chi connectivity index (χ3n) is 3.93. The van der Waals surface area contributed by atoms with Gasteiger partial charge < -0.3 is 15.4 Å². The van der Waals surface area contributed by atoms with E-state index in [0.717, 1.165) is 38.2 Å².